The van der Waals surface area contributed by atoms with Crippen molar-refractivity contribution in [3.05, 3.63) is 29.6 Å². The molecule has 0 aliphatic heterocycles. The summed E-state index contributed by atoms with van der Waals surface area (Å²) in [4.78, 5) is 11.4. The van der Waals surface area contributed by atoms with E-state index >= 15 is 0 Å². The number of methoxy groups -OCH3 is 1. The maximum Gasteiger partial charge on any atom is 0.234 e. The number of nitrogens with two attached hydrogens (primary N) is 1. The summed E-state index contributed by atoms with van der Waals surface area (Å²) in [6.45, 7) is 5.73. The summed E-state index contributed by atoms with van der Waals surface area (Å²) >= 11 is 0. The molecule has 0 heterocycles. The summed E-state index contributed by atoms with van der Waals surface area (Å²) in [6, 6.07) is 4.07. The Morgan fingerprint density at radius 3 is 2.47 bits per heavy atom. The van der Waals surface area contributed by atoms with Crippen molar-refractivity contribution in [3.8, 4) is 5.75 Å². The molecule has 0 bridgehead atoms. The number of primary amides is 1. The summed E-state index contributed by atoms with van der Waals surface area (Å²) in [6.07, 6.45) is 0. The van der Waals surface area contributed by atoms with Crippen molar-refractivity contribution in [2.45, 2.75) is 32.9 Å². The van der Waals surface area contributed by atoms with Crippen LogP contribution in [0.25, 0.3) is 0 Å². The maximum atomic E-state index is 13.3. The zero-order valence-electron chi connectivity index (χ0n) is 11.7. The normalized spacial score (nSPS) is 14.2. The number of halogens is 1. The van der Waals surface area contributed by atoms with Crippen LogP contribution < -0.4 is 15.8 Å². The molecule has 0 radical (unpaired) electrons. The SMILES string of the molecule is COc1cc(C(C)NC(C(N)=O)C(C)C)ccc1F. The van der Waals surface area contributed by atoms with Crippen molar-refractivity contribution < 1.29 is 13.9 Å². The monoisotopic (exact) mass is 268 g/mol. The van der Waals surface area contributed by atoms with E-state index < -0.39 is 17.8 Å². The Labute approximate surface area is 113 Å². The van der Waals surface area contributed by atoms with Gasteiger partial charge in [-0.05, 0) is 30.5 Å². The first-order valence-corrected chi connectivity index (χ1v) is 6.25. The van der Waals surface area contributed by atoms with Gasteiger partial charge in [-0.2, -0.15) is 0 Å². The lowest BCUT2D eigenvalue weighted by Crippen LogP contribution is -2.45. The first-order chi connectivity index (χ1) is 8.86. The van der Waals surface area contributed by atoms with Gasteiger partial charge in [-0.25, -0.2) is 4.39 Å². The topological polar surface area (TPSA) is 64.3 Å². The number of benzene rings is 1. The molecule has 0 aromatic heterocycles. The third-order valence-electron chi connectivity index (χ3n) is 3.08. The van der Waals surface area contributed by atoms with Crippen molar-refractivity contribution in [1.29, 1.82) is 0 Å². The Balaban J connectivity index is 2.88. The minimum atomic E-state index is -0.425. The lowest BCUT2D eigenvalue weighted by molar-refractivity contribution is -0.121. The number of ether oxygens (including phenoxy) is 1. The zero-order chi connectivity index (χ0) is 14.6. The molecule has 4 nitrogen and oxygen atoms in total. The maximum absolute atomic E-state index is 13.3. The molecule has 106 valence electrons. The summed E-state index contributed by atoms with van der Waals surface area (Å²) in [7, 11) is 1.42. The van der Waals surface area contributed by atoms with Gasteiger partial charge < -0.3 is 10.5 Å². The summed E-state index contributed by atoms with van der Waals surface area (Å²) < 4.78 is 18.3. The average Bonchev–Trinajstić information content (AvgIpc) is 2.35. The number of carbonyl (C=O) groups is 1. The van der Waals surface area contributed by atoms with Gasteiger partial charge in [0.1, 0.15) is 0 Å². The highest BCUT2D eigenvalue weighted by Gasteiger charge is 2.22. The molecule has 1 aromatic carbocycles. The highest BCUT2D eigenvalue weighted by molar-refractivity contribution is 5.80. The van der Waals surface area contributed by atoms with Crippen molar-refractivity contribution in [2.24, 2.45) is 11.7 Å². The second kappa shape index (κ2) is 6.52. The molecule has 0 aliphatic rings. The molecule has 1 aromatic rings. The first kappa shape index (κ1) is 15.4. The van der Waals surface area contributed by atoms with Gasteiger partial charge in [0.15, 0.2) is 11.6 Å². The van der Waals surface area contributed by atoms with E-state index in [0.29, 0.717) is 0 Å². The van der Waals surface area contributed by atoms with E-state index in [2.05, 4.69) is 5.32 Å². The highest BCUT2D eigenvalue weighted by Crippen LogP contribution is 2.23. The minimum absolute atomic E-state index is 0.0855. The number of amides is 1. The van der Waals surface area contributed by atoms with Crippen molar-refractivity contribution in [1.82, 2.24) is 5.32 Å². The van der Waals surface area contributed by atoms with Crippen LogP contribution in [0.5, 0.6) is 5.75 Å². The van der Waals surface area contributed by atoms with Crippen LogP contribution in [0, 0.1) is 11.7 Å². The number of hydrogen-bond donors (Lipinski definition) is 2. The fourth-order valence-electron chi connectivity index (χ4n) is 1.91. The summed E-state index contributed by atoms with van der Waals surface area (Å²) in [5, 5.41) is 3.15. The van der Waals surface area contributed by atoms with Gasteiger partial charge in [-0.3, -0.25) is 10.1 Å². The molecule has 1 amide bonds. The van der Waals surface area contributed by atoms with Crippen molar-refractivity contribution in [3.63, 3.8) is 0 Å². The Kier molecular flexibility index (Phi) is 5.30. The standard InChI is InChI=1S/C14H21FN2O2/c1-8(2)13(14(16)18)17-9(3)10-5-6-11(15)12(7-10)19-4/h5-9,13,17H,1-4H3,(H2,16,18). The fraction of sp³-hybridized carbons (Fsp3) is 0.500. The average molecular weight is 268 g/mol. The molecule has 0 saturated heterocycles. The molecular weight excluding hydrogens is 247 g/mol. The Bertz CT molecular complexity index is 449. The van der Waals surface area contributed by atoms with Crippen LogP contribution in [0.2, 0.25) is 0 Å². The quantitative estimate of drug-likeness (QED) is 0.829. The van der Waals surface area contributed by atoms with E-state index in [9.17, 15) is 9.18 Å². The smallest absolute Gasteiger partial charge is 0.234 e. The molecule has 19 heavy (non-hydrogen) atoms. The van der Waals surface area contributed by atoms with Crippen LogP contribution in [0.15, 0.2) is 18.2 Å². The van der Waals surface area contributed by atoms with Crippen LogP contribution >= 0.6 is 0 Å². The second-order valence-electron chi connectivity index (χ2n) is 4.91. The molecule has 0 spiro atoms. The van der Waals surface area contributed by atoms with E-state index in [1.54, 1.807) is 12.1 Å². The molecule has 5 heteroatoms. The summed E-state index contributed by atoms with van der Waals surface area (Å²) in [5.74, 6) is -0.529. The first-order valence-electron chi connectivity index (χ1n) is 6.25. The van der Waals surface area contributed by atoms with Crippen LogP contribution in [-0.4, -0.2) is 19.1 Å². The Morgan fingerprint density at radius 2 is 2.00 bits per heavy atom. The van der Waals surface area contributed by atoms with Gasteiger partial charge >= 0.3 is 0 Å². The zero-order valence-corrected chi connectivity index (χ0v) is 11.7. The van der Waals surface area contributed by atoms with Crippen LogP contribution in [0.3, 0.4) is 0 Å². The molecule has 2 atom stereocenters. The largest absolute Gasteiger partial charge is 0.494 e. The van der Waals surface area contributed by atoms with Gasteiger partial charge in [-0.1, -0.05) is 19.9 Å². The van der Waals surface area contributed by atoms with Crippen LogP contribution in [-0.2, 0) is 4.79 Å². The third-order valence-corrected chi connectivity index (χ3v) is 3.08. The van der Waals surface area contributed by atoms with Gasteiger partial charge in [0.25, 0.3) is 0 Å². The number of hydrogen-bond acceptors (Lipinski definition) is 3. The number of carbonyl (C=O) groups excluding carboxylic acids is 1. The molecular formula is C14H21FN2O2. The predicted octanol–water partition coefficient (Wildman–Crippen LogP) is 1.99. The lowest BCUT2D eigenvalue weighted by Gasteiger charge is -2.24. The van der Waals surface area contributed by atoms with E-state index in [1.165, 1.54) is 13.2 Å². The third kappa shape index (κ3) is 3.92. The van der Waals surface area contributed by atoms with E-state index in [1.807, 2.05) is 20.8 Å². The Morgan fingerprint density at radius 1 is 1.37 bits per heavy atom. The van der Waals surface area contributed by atoms with Gasteiger partial charge in [-0.15, -0.1) is 0 Å². The van der Waals surface area contributed by atoms with Crippen LogP contribution in [0.4, 0.5) is 4.39 Å². The van der Waals surface area contributed by atoms with E-state index in [0.717, 1.165) is 5.56 Å². The van der Waals surface area contributed by atoms with E-state index in [-0.39, 0.29) is 17.7 Å². The lowest BCUT2D eigenvalue weighted by atomic mass is 10.0. The highest BCUT2D eigenvalue weighted by atomic mass is 19.1. The van der Waals surface area contributed by atoms with Gasteiger partial charge in [0.05, 0.1) is 13.2 Å². The second-order valence-corrected chi connectivity index (χ2v) is 4.91. The molecule has 0 aliphatic carbocycles. The molecule has 0 saturated carbocycles. The fourth-order valence-corrected chi connectivity index (χ4v) is 1.91. The predicted molar refractivity (Wildman–Crippen MR) is 72.3 cm³/mol. The van der Waals surface area contributed by atoms with Crippen molar-refractivity contribution in [2.75, 3.05) is 7.11 Å². The van der Waals surface area contributed by atoms with Crippen LogP contribution in [0.1, 0.15) is 32.4 Å². The minimum Gasteiger partial charge on any atom is -0.494 e. The molecule has 0 fully saturated rings. The van der Waals surface area contributed by atoms with Gasteiger partial charge in [0.2, 0.25) is 5.91 Å². The summed E-state index contributed by atoms with van der Waals surface area (Å²) in [5.41, 5.74) is 6.20. The van der Waals surface area contributed by atoms with Crippen molar-refractivity contribution >= 4 is 5.91 Å². The number of rotatable bonds is 6. The Hall–Kier alpha value is -1.62. The number of nitrogens with one attached hydrogen (secondary N) is 1. The van der Waals surface area contributed by atoms with Gasteiger partial charge in [0, 0.05) is 6.04 Å². The van der Waals surface area contributed by atoms with E-state index in [4.69, 9.17) is 10.5 Å². The molecule has 2 unspecified atom stereocenters. The molecule has 3 N–H and O–H groups in total. The molecule has 1 rings (SSSR count).